The number of carbonyl (C=O) groups excluding carboxylic acids is 3. The third-order valence-corrected chi connectivity index (χ3v) is 2.35. The number of hydrogen-bond acceptors (Lipinski definition) is 10. The Morgan fingerprint density at radius 3 is 1.72 bits per heavy atom. The lowest BCUT2D eigenvalue weighted by atomic mass is 10.2. The first kappa shape index (κ1) is 22.8. The number of amides is 2. The second-order valence-electron chi connectivity index (χ2n) is 3.88. The summed E-state index contributed by atoms with van der Waals surface area (Å²) in [6.07, 6.45) is -2.62. The van der Waals surface area contributed by atoms with Crippen molar-refractivity contribution in [1.29, 1.82) is 0 Å². The van der Waals surface area contributed by atoms with Crippen LogP contribution in [0.4, 0.5) is 9.59 Å². The minimum absolute atomic E-state index is 0.00474. The Bertz CT molecular complexity index is 519. The molecule has 0 aliphatic rings. The Labute approximate surface area is 141 Å². The average molecular weight is 404 g/mol. The number of allylic oxidation sites excluding steroid dienone is 1. The zero-order valence-electron chi connectivity index (χ0n) is 12.6. The highest BCUT2D eigenvalue weighted by Crippen LogP contribution is 2.12. The molecule has 0 saturated carbocycles. The van der Waals surface area contributed by atoms with E-state index in [4.69, 9.17) is 9.79 Å². The minimum atomic E-state index is -3.11. The SMILES string of the molecule is C=C(C)OC(=O)C(COC(=O)NO[P+](=O)O)COC(=O)NO[P+](=O)O. The van der Waals surface area contributed by atoms with Gasteiger partial charge in [0.1, 0.15) is 19.1 Å². The van der Waals surface area contributed by atoms with Crippen LogP contribution in [0.15, 0.2) is 12.3 Å². The molecule has 0 spiro atoms. The van der Waals surface area contributed by atoms with Crippen molar-refractivity contribution in [3.63, 3.8) is 0 Å². The van der Waals surface area contributed by atoms with Gasteiger partial charge in [0, 0.05) is 18.4 Å². The van der Waals surface area contributed by atoms with E-state index < -0.39 is 53.8 Å². The normalized spacial score (nSPS) is 12.3. The summed E-state index contributed by atoms with van der Waals surface area (Å²) in [6.45, 7) is 3.33. The second-order valence-corrected chi connectivity index (χ2v) is 5.20. The van der Waals surface area contributed by atoms with Crippen LogP contribution >= 0.6 is 16.5 Å². The van der Waals surface area contributed by atoms with Crippen LogP contribution in [0.5, 0.6) is 0 Å². The quantitative estimate of drug-likeness (QED) is 0.128. The largest absolute Gasteiger partial charge is 0.719 e. The lowest BCUT2D eigenvalue weighted by Gasteiger charge is -2.15. The standard InChI is InChI=1S/C9H12N2O12P2/c1-5(2)21-7(12)6(3-19-8(13)10-22-24(15)16)4-20-9(14)11-23-25(17)18/h6H,1,3-4H2,2H3,(H2-2,10,11,13,14,15,16,17,18)/p+2. The van der Waals surface area contributed by atoms with E-state index in [9.17, 15) is 23.5 Å². The van der Waals surface area contributed by atoms with E-state index >= 15 is 0 Å². The fourth-order valence-electron chi connectivity index (χ4n) is 1.00. The molecule has 0 aromatic heterocycles. The van der Waals surface area contributed by atoms with Crippen LogP contribution in [0, 0.1) is 5.92 Å². The van der Waals surface area contributed by atoms with Crippen LogP contribution < -0.4 is 11.0 Å². The molecule has 2 unspecified atom stereocenters. The van der Waals surface area contributed by atoms with Crippen LogP contribution in [0.1, 0.15) is 6.92 Å². The number of carbonyl (C=O) groups is 3. The van der Waals surface area contributed by atoms with Gasteiger partial charge in [-0.3, -0.25) is 4.79 Å². The number of ether oxygens (including phenoxy) is 3. The predicted molar refractivity (Wildman–Crippen MR) is 75.2 cm³/mol. The number of hydroxylamine groups is 2. The second kappa shape index (κ2) is 12.2. The highest BCUT2D eigenvalue weighted by atomic mass is 31.1. The highest BCUT2D eigenvalue weighted by Gasteiger charge is 2.26. The Morgan fingerprint density at radius 2 is 1.40 bits per heavy atom. The van der Waals surface area contributed by atoms with Gasteiger partial charge in [-0.05, 0) is 6.92 Å². The average Bonchev–Trinajstić information content (AvgIpc) is 2.49. The fraction of sp³-hybridized carbons (Fsp3) is 0.444. The molecule has 14 nitrogen and oxygen atoms in total. The van der Waals surface area contributed by atoms with Crippen molar-refractivity contribution in [2.75, 3.05) is 13.2 Å². The Morgan fingerprint density at radius 1 is 1.00 bits per heavy atom. The maximum absolute atomic E-state index is 11.8. The third kappa shape index (κ3) is 12.8. The molecule has 0 bridgehead atoms. The summed E-state index contributed by atoms with van der Waals surface area (Å²) in [5.41, 5.74) is 2.90. The van der Waals surface area contributed by atoms with E-state index in [1.807, 2.05) is 0 Å². The number of hydrogen-bond donors (Lipinski definition) is 4. The third-order valence-electron chi connectivity index (χ3n) is 1.85. The van der Waals surface area contributed by atoms with Gasteiger partial charge in [0.25, 0.3) is 0 Å². The van der Waals surface area contributed by atoms with Gasteiger partial charge in [-0.25, -0.2) is 9.59 Å². The van der Waals surface area contributed by atoms with Crippen molar-refractivity contribution >= 4 is 34.7 Å². The first-order valence-electron chi connectivity index (χ1n) is 6.00. The molecular formula is C9H14N2O12P2+2. The van der Waals surface area contributed by atoms with E-state index in [0.29, 0.717) is 0 Å². The maximum atomic E-state index is 11.8. The van der Waals surface area contributed by atoms with E-state index in [1.165, 1.54) is 17.9 Å². The molecule has 0 aromatic carbocycles. The molecule has 0 rings (SSSR count). The minimum Gasteiger partial charge on any atom is -0.447 e. The summed E-state index contributed by atoms with van der Waals surface area (Å²) in [5.74, 6) is -2.29. The smallest absolute Gasteiger partial charge is 0.447 e. The van der Waals surface area contributed by atoms with E-state index in [2.05, 4.69) is 30.0 Å². The lowest BCUT2D eigenvalue weighted by molar-refractivity contribution is -0.147. The molecule has 2 atom stereocenters. The van der Waals surface area contributed by atoms with Gasteiger partial charge in [-0.2, -0.15) is 0 Å². The van der Waals surface area contributed by atoms with Crippen molar-refractivity contribution in [2.24, 2.45) is 5.92 Å². The van der Waals surface area contributed by atoms with Gasteiger partial charge < -0.3 is 14.2 Å². The predicted octanol–water partition coefficient (Wildman–Crippen LogP) is 0.294. The zero-order chi connectivity index (χ0) is 19.4. The van der Waals surface area contributed by atoms with Crippen LogP contribution in [0.2, 0.25) is 0 Å². The van der Waals surface area contributed by atoms with Gasteiger partial charge in [0.2, 0.25) is 0 Å². The summed E-state index contributed by atoms with van der Waals surface area (Å²) in [6, 6.07) is 0. The van der Waals surface area contributed by atoms with Gasteiger partial charge in [0.05, 0.1) is 5.76 Å². The van der Waals surface area contributed by atoms with Crippen LogP contribution in [0.25, 0.3) is 0 Å². The zero-order valence-corrected chi connectivity index (χ0v) is 14.4. The highest BCUT2D eigenvalue weighted by molar-refractivity contribution is 7.32. The van der Waals surface area contributed by atoms with Crippen molar-refractivity contribution < 1.29 is 56.8 Å². The first-order chi connectivity index (χ1) is 11.6. The van der Waals surface area contributed by atoms with Gasteiger partial charge in [-0.1, -0.05) is 6.58 Å². The fourth-order valence-corrected chi connectivity index (χ4v) is 1.31. The molecule has 140 valence electrons. The monoisotopic (exact) mass is 404 g/mol. The van der Waals surface area contributed by atoms with Gasteiger partial charge >= 0.3 is 34.7 Å². The van der Waals surface area contributed by atoms with Gasteiger partial charge in [0.15, 0.2) is 0 Å². The van der Waals surface area contributed by atoms with Crippen molar-refractivity contribution in [2.45, 2.75) is 6.92 Å². The molecule has 4 N–H and O–H groups in total. The number of nitrogens with one attached hydrogen (secondary N) is 2. The van der Waals surface area contributed by atoms with Crippen LogP contribution in [-0.2, 0) is 37.4 Å². The molecule has 25 heavy (non-hydrogen) atoms. The molecular weight excluding hydrogens is 390 g/mol. The Balaban J connectivity index is 4.55. The summed E-state index contributed by atoms with van der Waals surface area (Å²) >= 11 is 0. The van der Waals surface area contributed by atoms with Crippen molar-refractivity contribution in [3.05, 3.63) is 12.3 Å². The summed E-state index contributed by atoms with van der Waals surface area (Å²) in [4.78, 5) is 50.7. The molecule has 0 aliphatic carbocycles. The Hall–Kier alpha value is -2.21. The van der Waals surface area contributed by atoms with Crippen LogP contribution in [0.3, 0.4) is 0 Å². The Kier molecular flexibility index (Phi) is 11.1. The maximum Gasteiger partial charge on any atom is 0.719 e. The summed E-state index contributed by atoms with van der Waals surface area (Å²) < 4.78 is 41.9. The molecule has 0 aliphatic heterocycles. The number of esters is 1. The van der Waals surface area contributed by atoms with Crippen molar-refractivity contribution in [3.8, 4) is 0 Å². The van der Waals surface area contributed by atoms with Crippen molar-refractivity contribution in [1.82, 2.24) is 11.0 Å². The molecule has 0 aromatic rings. The van der Waals surface area contributed by atoms with E-state index in [1.54, 1.807) is 0 Å². The van der Waals surface area contributed by atoms with E-state index in [0.717, 1.165) is 0 Å². The molecule has 16 heteroatoms. The van der Waals surface area contributed by atoms with Gasteiger partial charge in [-0.15, -0.1) is 20.7 Å². The summed E-state index contributed by atoms with van der Waals surface area (Å²) in [7, 11) is -6.22. The molecule has 0 radical (unpaired) electrons. The molecule has 0 saturated heterocycles. The summed E-state index contributed by atoms with van der Waals surface area (Å²) in [5, 5.41) is 0. The first-order valence-corrected chi connectivity index (χ1v) is 8.26. The topological polar surface area (TPSA) is 196 Å². The molecule has 0 fully saturated rings. The molecule has 2 amide bonds. The van der Waals surface area contributed by atoms with Crippen LogP contribution in [-0.4, -0.2) is 41.2 Å². The lowest BCUT2D eigenvalue weighted by Crippen LogP contribution is -2.33. The van der Waals surface area contributed by atoms with E-state index in [-0.39, 0.29) is 5.76 Å². The molecule has 0 heterocycles. The number of rotatable bonds is 10.